The molecule has 1 heterocycles. The first-order chi connectivity index (χ1) is 14.8. The topological polar surface area (TPSA) is 60.6 Å². The number of rotatable bonds is 14. The fourth-order valence-corrected chi connectivity index (χ4v) is 4.52. The van der Waals surface area contributed by atoms with E-state index in [1.807, 2.05) is 18.2 Å². The Labute approximate surface area is 188 Å². The highest BCUT2D eigenvalue weighted by atomic mass is 17.5. The van der Waals surface area contributed by atoms with Crippen molar-refractivity contribution in [2.75, 3.05) is 0 Å². The smallest absolute Gasteiger partial charge is 0.430 e. The van der Waals surface area contributed by atoms with Crippen molar-refractivity contribution in [3.63, 3.8) is 0 Å². The number of unbranched alkanes of at least 4 members (excludes halogenated alkanes) is 2. The molecule has 0 radical (unpaired) electrons. The zero-order valence-electron chi connectivity index (χ0n) is 20.3. The van der Waals surface area contributed by atoms with Gasteiger partial charge in [-0.2, -0.15) is 9.78 Å². The summed E-state index contributed by atoms with van der Waals surface area (Å²) in [5.41, 5.74) is 0.783. The lowest BCUT2D eigenvalue weighted by Gasteiger charge is -2.39. The van der Waals surface area contributed by atoms with E-state index in [9.17, 15) is 4.79 Å². The predicted octanol–water partition coefficient (Wildman–Crippen LogP) is 7.53. The summed E-state index contributed by atoms with van der Waals surface area (Å²) >= 11 is 0. The van der Waals surface area contributed by atoms with E-state index >= 15 is 0 Å². The van der Waals surface area contributed by atoms with Crippen molar-refractivity contribution in [2.24, 2.45) is 11.8 Å². The van der Waals surface area contributed by atoms with Crippen molar-refractivity contribution in [2.45, 2.75) is 110 Å². The number of ether oxygens (including phenoxy) is 2. The Kier molecular flexibility index (Phi) is 9.83. The van der Waals surface area contributed by atoms with Crippen LogP contribution in [0.5, 0.6) is 0 Å². The van der Waals surface area contributed by atoms with Crippen LogP contribution in [-0.4, -0.2) is 18.2 Å². The zero-order chi connectivity index (χ0) is 22.9. The highest BCUT2D eigenvalue weighted by Crippen LogP contribution is 2.44. The Hall–Kier alpha value is -1.59. The Balaban J connectivity index is 2.19. The lowest BCUT2D eigenvalue weighted by molar-refractivity contribution is -0.105. The van der Waals surface area contributed by atoms with Gasteiger partial charge >= 0.3 is 12.1 Å². The molecule has 0 spiro atoms. The minimum absolute atomic E-state index is 0.00245. The first kappa shape index (κ1) is 25.7. The normalized spacial score (nSPS) is 18.1. The molecule has 5 nitrogen and oxygen atoms in total. The minimum atomic E-state index is -1.28. The molecule has 1 saturated heterocycles. The van der Waals surface area contributed by atoms with Crippen molar-refractivity contribution >= 4 is 6.16 Å². The zero-order valence-corrected chi connectivity index (χ0v) is 20.3. The Bertz CT molecular complexity index is 653. The van der Waals surface area contributed by atoms with E-state index < -0.39 is 12.1 Å². The molecule has 0 N–H and O–H groups in total. The molecule has 0 bridgehead atoms. The van der Waals surface area contributed by atoms with Gasteiger partial charge in [0.2, 0.25) is 0 Å². The Morgan fingerprint density at radius 3 is 2.10 bits per heavy atom. The summed E-state index contributed by atoms with van der Waals surface area (Å²) in [7, 11) is 0. The van der Waals surface area contributed by atoms with Crippen molar-refractivity contribution in [1.29, 1.82) is 0 Å². The monoisotopic (exact) mass is 434 g/mol. The van der Waals surface area contributed by atoms with Gasteiger partial charge in [-0.15, -0.1) is 0 Å². The van der Waals surface area contributed by atoms with Gasteiger partial charge in [0.25, 0.3) is 0 Å². The lowest BCUT2D eigenvalue weighted by Crippen LogP contribution is -2.44. The van der Waals surface area contributed by atoms with Crippen molar-refractivity contribution in [1.82, 2.24) is 0 Å². The van der Waals surface area contributed by atoms with E-state index in [0.717, 1.165) is 56.9 Å². The molecule has 1 aliphatic rings. The summed E-state index contributed by atoms with van der Waals surface area (Å²) in [4.78, 5) is 23.4. The van der Waals surface area contributed by atoms with E-state index in [-0.39, 0.29) is 23.4 Å². The molecule has 0 aliphatic carbocycles. The van der Waals surface area contributed by atoms with Crippen LogP contribution in [0.4, 0.5) is 4.79 Å². The van der Waals surface area contributed by atoms with Gasteiger partial charge in [0.05, 0.1) is 5.92 Å². The molecule has 3 unspecified atom stereocenters. The summed E-state index contributed by atoms with van der Waals surface area (Å²) in [5, 5.41) is 0. The minimum Gasteiger partial charge on any atom is -0.430 e. The van der Waals surface area contributed by atoms with E-state index in [0.29, 0.717) is 0 Å². The SMILES string of the molecule is CCCCC(CC)C(OC(=O)OC1(C(CC)CCCC)OO1)C(C)(C)c1ccccc1. The summed E-state index contributed by atoms with van der Waals surface area (Å²) in [6.07, 6.45) is 6.91. The van der Waals surface area contributed by atoms with Crippen molar-refractivity contribution < 1.29 is 24.0 Å². The molecule has 31 heavy (non-hydrogen) atoms. The van der Waals surface area contributed by atoms with Crippen LogP contribution >= 0.6 is 0 Å². The second-order valence-corrected chi connectivity index (χ2v) is 9.31. The molecule has 1 aromatic rings. The van der Waals surface area contributed by atoms with Gasteiger partial charge in [0, 0.05) is 5.41 Å². The van der Waals surface area contributed by atoms with Crippen LogP contribution in [0.2, 0.25) is 0 Å². The summed E-state index contributed by atoms with van der Waals surface area (Å²) in [6, 6.07) is 10.3. The highest BCUT2D eigenvalue weighted by Gasteiger charge is 2.60. The second-order valence-electron chi connectivity index (χ2n) is 9.31. The third-order valence-corrected chi connectivity index (χ3v) is 6.71. The van der Waals surface area contributed by atoms with Crippen LogP contribution in [-0.2, 0) is 24.7 Å². The molecular formula is C26H42O5. The van der Waals surface area contributed by atoms with Gasteiger partial charge in [-0.25, -0.2) is 4.79 Å². The van der Waals surface area contributed by atoms with Crippen LogP contribution in [0.15, 0.2) is 30.3 Å². The largest absolute Gasteiger partial charge is 0.513 e. The standard InChI is InChI=1S/C26H42O5/c1-7-11-16-20(9-3)23(25(5,6)22-18-14-13-15-19-22)28-24(27)29-26(30-31-26)21(10-4)17-12-8-2/h13-15,18-21,23H,7-12,16-17H2,1-6H3. The lowest BCUT2D eigenvalue weighted by atomic mass is 9.72. The number of carbonyl (C=O) groups is 1. The van der Waals surface area contributed by atoms with Gasteiger partial charge in [-0.3, -0.25) is 0 Å². The average molecular weight is 435 g/mol. The van der Waals surface area contributed by atoms with Crippen molar-refractivity contribution in [3.8, 4) is 0 Å². The number of benzene rings is 1. The first-order valence-corrected chi connectivity index (χ1v) is 12.2. The molecule has 176 valence electrons. The summed E-state index contributed by atoms with van der Waals surface area (Å²) in [5.74, 6) is -1.04. The highest BCUT2D eigenvalue weighted by molar-refractivity contribution is 5.61. The third-order valence-electron chi connectivity index (χ3n) is 6.71. The van der Waals surface area contributed by atoms with Gasteiger partial charge in [-0.05, 0) is 37.2 Å². The number of hydrogen-bond donors (Lipinski definition) is 0. The molecule has 1 fully saturated rings. The molecule has 2 rings (SSSR count). The fourth-order valence-electron chi connectivity index (χ4n) is 4.52. The van der Waals surface area contributed by atoms with E-state index in [1.165, 1.54) is 0 Å². The van der Waals surface area contributed by atoms with Gasteiger partial charge in [0.15, 0.2) is 0 Å². The maximum absolute atomic E-state index is 13.0. The molecule has 5 heteroatoms. The molecule has 1 aromatic carbocycles. The Morgan fingerprint density at radius 1 is 0.968 bits per heavy atom. The molecule has 0 aromatic heterocycles. The van der Waals surface area contributed by atoms with Gasteiger partial charge < -0.3 is 9.47 Å². The number of hydrogen-bond acceptors (Lipinski definition) is 5. The maximum Gasteiger partial charge on any atom is 0.513 e. The first-order valence-electron chi connectivity index (χ1n) is 12.2. The number of carbonyl (C=O) groups excluding carboxylic acids is 1. The van der Waals surface area contributed by atoms with Crippen molar-refractivity contribution in [3.05, 3.63) is 35.9 Å². The molecule has 3 atom stereocenters. The summed E-state index contributed by atoms with van der Waals surface area (Å²) in [6.45, 7) is 12.8. The van der Waals surface area contributed by atoms with E-state index in [2.05, 4.69) is 53.7 Å². The average Bonchev–Trinajstić information content (AvgIpc) is 3.54. The van der Waals surface area contributed by atoms with E-state index in [4.69, 9.17) is 19.2 Å². The fraction of sp³-hybridized carbons (Fsp3) is 0.731. The van der Waals surface area contributed by atoms with Crippen LogP contribution < -0.4 is 0 Å². The van der Waals surface area contributed by atoms with Crippen LogP contribution in [0.3, 0.4) is 0 Å². The maximum atomic E-state index is 13.0. The molecule has 0 saturated carbocycles. The van der Waals surface area contributed by atoms with Gasteiger partial charge in [-0.1, -0.05) is 97.6 Å². The van der Waals surface area contributed by atoms with Crippen LogP contribution in [0.1, 0.15) is 98.5 Å². The second kappa shape index (κ2) is 11.9. The molecular weight excluding hydrogens is 392 g/mol. The summed E-state index contributed by atoms with van der Waals surface area (Å²) < 4.78 is 11.7. The third kappa shape index (κ3) is 6.69. The quantitative estimate of drug-likeness (QED) is 0.172. The molecule has 0 amide bonds. The van der Waals surface area contributed by atoms with Crippen LogP contribution in [0.25, 0.3) is 0 Å². The molecule has 1 aliphatic heterocycles. The van der Waals surface area contributed by atoms with Crippen LogP contribution in [0, 0.1) is 11.8 Å². The van der Waals surface area contributed by atoms with E-state index in [1.54, 1.807) is 0 Å². The predicted molar refractivity (Wildman–Crippen MR) is 122 cm³/mol. The Morgan fingerprint density at radius 2 is 1.58 bits per heavy atom. The van der Waals surface area contributed by atoms with Gasteiger partial charge in [0.1, 0.15) is 6.10 Å².